The molecule has 1 aromatic carbocycles. The molecule has 1 N–H and O–H groups in total. The second kappa shape index (κ2) is 8.24. The lowest BCUT2D eigenvalue weighted by Crippen LogP contribution is -2.33. The van der Waals surface area contributed by atoms with Crippen LogP contribution in [0.1, 0.15) is 26.5 Å². The lowest BCUT2D eigenvalue weighted by atomic mass is 10.0. The van der Waals surface area contributed by atoms with Crippen LogP contribution in [0, 0.1) is 15.9 Å². The van der Waals surface area contributed by atoms with Gasteiger partial charge in [-0.05, 0) is 20.8 Å². The van der Waals surface area contributed by atoms with Gasteiger partial charge in [0, 0.05) is 49.0 Å². The molecule has 2 rings (SSSR count). The van der Waals surface area contributed by atoms with Crippen LogP contribution < -0.4 is 10.1 Å². The predicted octanol–water partition coefficient (Wildman–Crippen LogP) is 3.21. The molecule has 1 aromatic heterocycles. The second-order valence-corrected chi connectivity index (χ2v) is 7.07. The number of halogens is 1. The van der Waals surface area contributed by atoms with E-state index in [9.17, 15) is 19.3 Å². The van der Waals surface area contributed by atoms with Crippen molar-refractivity contribution in [1.29, 1.82) is 0 Å². The highest BCUT2D eigenvalue weighted by Crippen LogP contribution is 2.36. The van der Waals surface area contributed by atoms with Crippen LogP contribution in [0.2, 0.25) is 0 Å². The minimum atomic E-state index is -0.670. The molecule has 1 amide bonds. The summed E-state index contributed by atoms with van der Waals surface area (Å²) in [5.74, 6) is -0.833. The van der Waals surface area contributed by atoms with Gasteiger partial charge in [-0.3, -0.25) is 14.8 Å². The van der Waals surface area contributed by atoms with E-state index in [1.165, 1.54) is 18.0 Å². The Morgan fingerprint density at radius 1 is 1.36 bits per heavy atom. The van der Waals surface area contributed by atoms with E-state index in [2.05, 4.69) is 10.4 Å². The highest BCUT2D eigenvalue weighted by molar-refractivity contribution is 5.71. The van der Waals surface area contributed by atoms with Crippen LogP contribution in [0.3, 0.4) is 0 Å². The zero-order valence-corrected chi connectivity index (χ0v) is 16.4. The van der Waals surface area contributed by atoms with Crippen LogP contribution >= 0.6 is 0 Å². The summed E-state index contributed by atoms with van der Waals surface area (Å²) < 4.78 is 26.1. The molecule has 0 fully saturated rings. The molecule has 2 aromatic rings. The van der Waals surface area contributed by atoms with Crippen molar-refractivity contribution in [3.8, 4) is 16.9 Å². The van der Waals surface area contributed by atoms with E-state index in [4.69, 9.17) is 9.47 Å². The molecule has 0 spiro atoms. The SMILES string of the molecule is COc1cc(F)c(-c2cnn(C)c2CCNC(=O)OC(C)(C)C)cc1[N+](=O)[O-]. The van der Waals surface area contributed by atoms with E-state index in [0.29, 0.717) is 17.7 Å². The van der Waals surface area contributed by atoms with Gasteiger partial charge in [-0.2, -0.15) is 5.10 Å². The molecular formula is C18H23FN4O5. The molecule has 10 heteroatoms. The number of nitrogens with zero attached hydrogens (tertiary/aromatic N) is 3. The molecule has 0 unspecified atom stereocenters. The molecular weight excluding hydrogens is 371 g/mol. The highest BCUT2D eigenvalue weighted by atomic mass is 19.1. The number of benzene rings is 1. The summed E-state index contributed by atoms with van der Waals surface area (Å²) in [6.07, 6.45) is 1.18. The van der Waals surface area contributed by atoms with Crippen LogP contribution in [0.15, 0.2) is 18.3 Å². The summed E-state index contributed by atoms with van der Waals surface area (Å²) in [5, 5.41) is 18.0. The van der Waals surface area contributed by atoms with Crippen LogP contribution in [-0.2, 0) is 18.2 Å². The maximum absolute atomic E-state index is 14.6. The van der Waals surface area contributed by atoms with Gasteiger partial charge in [0.15, 0.2) is 5.75 Å². The number of aryl methyl sites for hydroxylation is 1. The van der Waals surface area contributed by atoms with Gasteiger partial charge < -0.3 is 14.8 Å². The topological polar surface area (TPSA) is 109 Å². The van der Waals surface area contributed by atoms with Crippen molar-refractivity contribution in [2.45, 2.75) is 32.8 Å². The number of nitro groups is 1. The van der Waals surface area contributed by atoms with Crippen LogP contribution in [0.5, 0.6) is 5.75 Å². The van der Waals surface area contributed by atoms with Gasteiger partial charge in [0.05, 0.1) is 18.2 Å². The number of rotatable bonds is 6. The normalized spacial score (nSPS) is 11.2. The second-order valence-electron chi connectivity index (χ2n) is 7.07. The van der Waals surface area contributed by atoms with Crippen molar-refractivity contribution in [3.05, 3.63) is 40.0 Å². The van der Waals surface area contributed by atoms with Crippen molar-refractivity contribution in [2.75, 3.05) is 13.7 Å². The minimum Gasteiger partial charge on any atom is -0.490 e. The highest BCUT2D eigenvalue weighted by Gasteiger charge is 2.23. The summed E-state index contributed by atoms with van der Waals surface area (Å²) in [6, 6.07) is 2.10. The number of hydrogen-bond donors (Lipinski definition) is 1. The number of methoxy groups -OCH3 is 1. The van der Waals surface area contributed by atoms with E-state index in [-0.39, 0.29) is 23.5 Å². The van der Waals surface area contributed by atoms with Crippen molar-refractivity contribution in [1.82, 2.24) is 15.1 Å². The molecule has 0 bridgehead atoms. The van der Waals surface area contributed by atoms with Gasteiger partial charge in [-0.1, -0.05) is 0 Å². The monoisotopic (exact) mass is 394 g/mol. The lowest BCUT2D eigenvalue weighted by Gasteiger charge is -2.19. The van der Waals surface area contributed by atoms with Gasteiger partial charge in [-0.15, -0.1) is 0 Å². The fraction of sp³-hybridized carbons (Fsp3) is 0.444. The lowest BCUT2D eigenvalue weighted by molar-refractivity contribution is -0.385. The molecule has 28 heavy (non-hydrogen) atoms. The molecule has 1 heterocycles. The van der Waals surface area contributed by atoms with E-state index in [1.54, 1.807) is 27.8 Å². The number of carbonyl (C=O) groups is 1. The van der Waals surface area contributed by atoms with Gasteiger partial charge in [0.2, 0.25) is 0 Å². The van der Waals surface area contributed by atoms with Crippen LogP contribution in [0.4, 0.5) is 14.9 Å². The quantitative estimate of drug-likeness (QED) is 0.595. The van der Waals surface area contributed by atoms with Gasteiger partial charge >= 0.3 is 11.8 Å². The predicted molar refractivity (Wildman–Crippen MR) is 99.7 cm³/mol. The zero-order chi connectivity index (χ0) is 21.1. The van der Waals surface area contributed by atoms with Crippen molar-refractivity contribution in [2.24, 2.45) is 7.05 Å². The zero-order valence-electron chi connectivity index (χ0n) is 16.4. The van der Waals surface area contributed by atoms with Crippen molar-refractivity contribution < 1.29 is 23.6 Å². The Balaban J connectivity index is 2.27. The summed E-state index contributed by atoms with van der Waals surface area (Å²) in [6.45, 7) is 5.49. The minimum absolute atomic E-state index is 0.0351. The third-order valence-electron chi connectivity index (χ3n) is 3.85. The van der Waals surface area contributed by atoms with Crippen molar-refractivity contribution in [3.63, 3.8) is 0 Å². The largest absolute Gasteiger partial charge is 0.490 e. The first-order valence-electron chi connectivity index (χ1n) is 8.53. The molecule has 0 saturated carbocycles. The summed E-state index contributed by atoms with van der Waals surface area (Å²) in [5.41, 5.74) is 0.0760. The third-order valence-corrected chi connectivity index (χ3v) is 3.85. The van der Waals surface area contributed by atoms with Gasteiger partial charge in [0.1, 0.15) is 11.4 Å². The van der Waals surface area contributed by atoms with Crippen LogP contribution in [-0.4, -0.2) is 40.1 Å². The molecule has 0 atom stereocenters. The third kappa shape index (κ3) is 4.96. The molecule has 9 nitrogen and oxygen atoms in total. The maximum Gasteiger partial charge on any atom is 0.407 e. The standard InChI is InChI=1S/C18H23FN4O5/c1-18(2,3)28-17(24)20-7-6-14-12(10-21-22(14)4)11-8-15(23(25)26)16(27-5)9-13(11)19/h8-10H,6-7H2,1-5H3,(H,20,24). The Hall–Kier alpha value is -3.17. The Labute approximate surface area is 161 Å². The fourth-order valence-electron chi connectivity index (χ4n) is 2.64. The van der Waals surface area contributed by atoms with E-state index < -0.39 is 22.4 Å². The molecule has 0 aliphatic rings. The first-order chi connectivity index (χ1) is 13.0. The Kier molecular flexibility index (Phi) is 6.22. The van der Waals surface area contributed by atoms with E-state index in [0.717, 1.165) is 12.1 Å². The smallest absolute Gasteiger partial charge is 0.407 e. The van der Waals surface area contributed by atoms with Gasteiger partial charge in [-0.25, -0.2) is 9.18 Å². The number of nitro benzene ring substituents is 1. The Bertz CT molecular complexity index is 889. The first-order valence-corrected chi connectivity index (χ1v) is 8.53. The van der Waals surface area contributed by atoms with Crippen LogP contribution in [0.25, 0.3) is 11.1 Å². The molecule has 152 valence electrons. The summed E-state index contributed by atoms with van der Waals surface area (Å²) >= 11 is 0. The molecule has 0 aliphatic heterocycles. The number of alkyl carbamates (subject to hydrolysis) is 1. The molecule has 0 aliphatic carbocycles. The number of aromatic nitrogens is 2. The maximum atomic E-state index is 14.6. The first kappa shape index (κ1) is 21.1. The molecule has 0 saturated heterocycles. The number of nitrogens with one attached hydrogen (secondary N) is 1. The average Bonchev–Trinajstić information content (AvgIpc) is 2.93. The number of amides is 1. The molecule has 0 radical (unpaired) electrons. The van der Waals surface area contributed by atoms with Crippen molar-refractivity contribution >= 4 is 11.8 Å². The number of hydrogen-bond acceptors (Lipinski definition) is 6. The number of ether oxygens (including phenoxy) is 2. The Morgan fingerprint density at radius 2 is 2.04 bits per heavy atom. The summed E-state index contributed by atoms with van der Waals surface area (Å²) in [7, 11) is 2.90. The average molecular weight is 394 g/mol. The number of carbonyl (C=O) groups excluding carboxylic acids is 1. The van der Waals surface area contributed by atoms with Gasteiger partial charge in [0.25, 0.3) is 0 Å². The van der Waals surface area contributed by atoms with E-state index >= 15 is 0 Å². The Morgan fingerprint density at radius 3 is 2.61 bits per heavy atom. The fourth-order valence-corrected chi connectivity index (χ4v) is 2.64. The van der Waals surface area contributed by atoms with E-state index in [1.807, 2.05) is 0 Å². The summed E-state index contributed by atoms with van der Waals surface area (Å²) in [4.78, 5) is 22.4.